The van der Waals surface area contributed by atoms with Gasteiger partial charge >= 0.3 is 12.0 Å². The molecule has 0 spiro atoms. The standard InChI is InChI=1S/C15H19BrN2O3/c1-2-10(7-9-3-4-9)17-15(21)18-11-5-6-13(16)12(8-11)14(19)20/h5-6,8-10H,2-4,7H2,1H3,(H,19,20)(H2,17,18,21). The first-order chi connectivity index (χ1) is 9.99. The van der Waals surface area contributed by atoms with Crippen LogP contribution in [-0.2, 0) is 0 Å². The average molecular weight is 355 g/mol. The number of rotatable bonds is 6. The third-order valence-corrected chi connectivity index (χ3v) is 4.29. The van der Waals surface area contributed by atoms with Crippen LogP contribution in [0.1, 0.15) is 43.0 Å². The van der Waals surface area contributed by atoms with Crippen molar-refractivity contribution >= 4 is 33.6 Å². The molecule has 0 bridgehead atoms. The van der Waals surface area contributed by atoms with Crippen molar-refractivity contribution in [2.75, 3.05) is 5.32 Å². The van der Waals surface area contributed by atoms with Gasteiger partial charge in [-0.2, -0.15) is 0 Å². The van der Waals surface area contributed by atoms with Crippen LogP contribution in [0, 0.1) is 5.92 Å². The summed E-state index contributed by atoms with van der Waals surface area (Å²) in [5.41, 5.74) is 0.590. The minimum absolute atomic E-state index is 0.123. The molecule has 21 heavy (non-hydrogen) atoms. The minimum Gasteiger partial charge on any atom is -0.478 e. The predicted octanol–water partition coefficient (Wildman–Crippen LogP) is 3.85. The number of hydrogen-bond acceptors (Lipinski definition) is 2. The van der Waals surface area contributed by atoms with E-state index in [1.165, 1.54) is 18.9 Å². The number of carboxylic acids is 1. The molecule has 2 amide bonds. The molecule has 0 saturated heterocycles. The first-order valence-corrected chi connectivity index (χ1v) is 7.89. The maximum absolute atomic E-state index is 12.0. The Labute approximate surface area is 132 Å². The molecule has 0 aromatic heterocycles. The summed E-state index contributed by atoms with van der Waals surface area (Å²) < 4.78 is 0.487. The van der Waals surface area contributed by atoms with Gasteiger partial charge in [0, 0.05) is 16.2 Å². The highest BCUT2D eigenvalue weighted by Crippen LogP contribution is 2.34. The van der Waals surface area contributed by atoms with Gasteiger partial charge < -0.3 is 15.7 Å². The number of amides is 2. The average Bonchev–Trinajstić information content (AvgIpc) is 3.23. The second-order valence-corrected chi connectivity index (χ2v) is 6.24. The topological polar surface area (TPSA) is 78.4 Å². The Balaban J connectivity index is 1.95. The fourth-order valence-corrected chi connectivity index (χ4v) is 2.62. The number of benzene rings is 1. The highest BCUT2D eigenvalue weighted by molar-refractivity contribution is 9.10. The van der Waals surface area contributed by atoms with Gasteiger partial charge in [-0.15, -0.1) is 0 Å². The first-order valence-electron chi connectivity index (χ1n) is 7.10. The van der Waals surface area contributed by atoms with Crippen molar-refractivity contribution in [3.63, 3.8) is 0 Å². The number of urea groups is 1. The molecule has 1 unspecified atom stereocenters. The van der Waals surface area contributed by atoms with Crippen LogP contribution in [0.5, 0.6) is 0 Å². The molecule has 5 nitrogen and oxygen atoms in total. The Bertz CT molecular complexity index is 544. The van der Waals surface area contributed by atoms with E-state index in [9.17, 15) is 9.59 Å². The summed E-state index contributed by atoms with van der Waals surface area (Å²) in [5.74, 6) is -0.285. The summed E-state index contributed by atoms with van der Waals surface area (Å²) in [5, 5.41) is 14.7. The summed E-state index contributed by atoms with van der Waals surface area (Å²) in [6.07, 6.45) is 4.43. The Morgan fingerprint density at radius 2 is 2.14 bits per heavy atom. The van der Waals surface area contributed by atoms with E-state index in [2.05, 4.69) is 33.5 Å². The Morgan fingerprint density at radius 1 is 1.43 bits per heavy atom. The molecule has 1 aromatic carbocycles. The van der Waals surface area contributed by atoms with Crippen molar-refractivity contribution in [2.24, 2.45) is 5.92 Å². The van der Waals surface area contributed by atoms with Crippen molar-refractivity contribution in [1.29, 1.82) is 0 Å². The third kappa shape index (κ3) is 4.74. The SMILES string of the molecule is CCC(CC1CC1)NC(=O)Nc1ccc(Br)c(C(=O)O)c1. The number of carbonyl (C=O) groups is 2. The Kier molecular flexibility index (Phi) is 5.22. The van der Waals surface area contributed by atoms with Crippen LogP contribution in [0.3, 0.4) is 0 Å². The van der Waals surface area contributed by atoms with Crippen LogP contribution in [0.15, 0.2) is 22.7 Å². The minimum atomic E-state index is -1.04. The number of anilines is 1. The third-order valence-electron chi connectivity index (χ3n) is 3.60. The van der Waals surface area contributed by atoms with Crippen molar-refractivity contribution in [1.82, 2.24) is 5.32 Å². The number of carboxylic acid groups (broad SMARTS) is 1. The van der Waals surface area contributed by atoms with E-state index in [4.69, 9.17) is 5.11 Å². The molecule has 1 saturated carbocycles. The van der Waals surface area contributed by atoms with Crippen molar-refractivity contribution in [2.45, 2.75) is 38.6 Å². The summed E-state index contributed by atoms with van der Waals surface area (Å²) in [6.45, 7) is 2.05. The molecule has 0 aliphatic heterocycles. The molecule has 1 fully saturated rings. The molecule has 0 radical (unpaired) electrons. The maximum Gasteiger partial charge on any atom is 0.336 e. The van der Waals surface area contributed by atoms with Gasteiger partial charge in [0.05, 0.1) is 5.56 Å². The van der Waals surface area contributed by atoms with Crippen molar-refractivity contribution < 1.29 is 14.7 Å². The number of carbonyl (C=O) groups excluding carboxylic acids is 1. The zero-order valence-corrected chi connectivity index (χ0v) is 13.4. The van der Waals surface area contributed by atoms with Gasteiger partial charge in [-0.25, -0.2) is 9.59 Å². The molecule has 114 valence electrons. The number of hydrogen-bond donors (Lipinski definition) is 3. The van der Waals surface area contributed by atoms with Crippen molar-refractivity contribution in [3.8, 4) is 0 Å². The van der Waals surface area contributed by atoms with Gasteiger partial charge in [-0.05, 0) is 52.9 Å². The number of nitrogens with one attached hydrogen (secondary N) is 2. The second kappa shape index (κ2) is 6.93. The van der Waals surface area contributed by atoms with Crippen molar-refractivity contribution in [3.05, 3.63) is 28.2 Å². The quantitative estimate of drug-likeness (QED) is 0.725. The van der Waals surface area contributed by atoms with Crippen LogP contribution in [-0.4, -0.2) is 23.1 Å². The van der Waals surface area contributed by atoms with Gasteiger partial charge in [0.25, 0.3) is 0 Å². The highest BCUT2D eigenvalue weighted by atomic mass is 79.9. The van der Waals surface area contributed by atoms with Crippen LogP contribution < -0.4 is 10.6 Å². The molecule has 1 aliphatic carbocycles. The number of aromatic carboxylic acids is 1. The predicted molar refractivity (Wildman–Crippen MR) is 84.7 cm³/mol. The molecule has 6 heteroatoms. The lowest BCUT2D eigenvalue weighted by Crippen LogP contribution is -2.37. The summed E-state index contributed by atoms with van der Waals surface area (Å²) in [7, 11) is 0. The molecule has 3 N–H and O–H groups in total. The van der Waals surface area contributed by atoms with E-state index in [-0.39, 0.29) is 17.6 Å². The van der Waals surface area contributed by atoms with Crippen LogP contribution in [0.25, 0.3) is 0 Å². The van der Waals surface area contributed by atoms with E-state index in [1.807, 2.05) is 0 Å². The van der Waals surface area contributed by atoms with E-state index in [0.717, 1.165) is 18.8 Å². The molecule has 0 heterocycles. The lowest BCUT2D eigenvalue weighted by Gasteiger charge is -2.17. The molecule has 1 atom stereocenters. The summed E-state index contributed by atoms with van der Waals surface area (Å²) in [4.78, 5) is 23.0. The molecule has 1 aliphatic rings. The second-order valence-electron chi connectivity index (χ2n) is 5.38. The summed E-state index contributed by atoms with van der Waals surface area (Å²) >= 11 is 3.17. The van der Waals surface area contributed by atoms with E-state index < -0.39 is 5.97 Å². The van der Waals surface area contributed by atoms with Gasteiger partial charge in [-0.3, -0.25) is 0 Å². The van der Waals surface area contributed by atoms with Gasteiger partial charge in [0.1, 0.15) is 0 Å². The molecular formula is C15H19BrN2O3. The normalized spacial score (nSPS) is 15.3. The highest BCUT2D eigenvalue weighted by Gasteiger charge is 2.25. The van der Waals surface area contributed by atoms with Crippen LogP contribution >= 0.6 is 15.9 Å². The lowest BCUT2D eigenvalue weighted by molar-refractivity contribution is 0.0696. The fraction of sp³-hybridized carbons (Fsp3) is 0.467. The fourth-order valence-electron chi connectivity index (χ4n) is 2.20. The van der Waals surface area contributed by atoms with Crippen LogP contribution in [0.2, 0.25) is 0 Å². The maximum atomic E-state index is 12.0. The van der Waals surface area contributed by atoms with Gasteiger partial charge in [-0.1, -0.05) is 19.8 Å². The van der Waals surface area contributed by atoms with Gasteiger partial charge in [0.2, 0.25) is 0 Å². The summed E-state index contributed by atoms with van der Waals surface area (Å²) in [6, 6.07) is 4.60. The Hall–Kier alpha value is -1.56. The smallest absolute Gasteiger partial charge is 0.336 e. The largest absolute Gasteiger partial charge is 0.478 e. The van der Waals surface area contributed by atoms with Crippen LogP contribution in [0.4, 0.5) is 10.5 Å². The first kappa shape index (κ1) is 15.8. The molecular weight excluding hydrogens is 336 g/mol. The zero-order chi connectivity index (χ0) is 15.4. The molecule has 2 rings (SSSR count). The van der Waals surface area contributed by atoms with E-state index in [0.29, 0.717) is 10.2 Å². The molecule has 1 aromatic rings. The number of halogens is 1. The van der Waals surface area contributed by atoms with E-state index >= 15 is 0 Å². The monoisotopic (exact) mass is 354 g/mol. The Morgan fingerprint density at radius 3 is 2.71 bits per heavy atom. The van der Waals surface area contributed by atoms with Gasteiger partial charge in [0.15, 0.2) is 0 Å². The lowest BCUT2D eigenvalue weighted by atomic mass is 10.1. The zero-order valence-electron chi connectivity index (χ0n) is 11.9. The van der Waals surface area contributed by atoms with E-state index in [1.54, 1.807) is 12.1 Å².